The third-order valence-electron chi connectivity index (χ3n) is 2.66. The lowest BCUT2D eigenvalue weighted by Crippen LogP contribution is -2.19. The van der Waals surface area contributed by atoms with Crippen molar-refractivity contribution in [3.05, 3.63) is 29.3 Å². The van der Waals surface area contributed by atoms with Gasteiger partial charge in [0.1, 0.15) is 0 Å². The number of hydrogen-bond acceptors (Lipinski definition) is 1. The molecule has 2 heteroatoms. The first-order chi connectivity index (χ1) is 6.47. The van der Waals surface area contributed by atoms with E-state index in [9.17, 15) is 4.39 Å². The Labute approximate surface area is 85.4 Å². The normalized spacial score (nSPS) is 11.8. The van der Waals surface area contributed by atoms with Gasteiger partial charge in [0.25, 0.3) is 0 Å². The second-order valence-corrected chi connectivity index (χ2v) is 4.40. The average Bonchev–Trinajstić information content (AvgIpc) is 2.02. The number of nitrogens with zero attached hydrogens (tertiary/aromatic N) is 1. The third kappa shape index (κ3) is 2.31. The lowest BCUT2D eigenvalue weighted by atomic mass is 9.80. The SMILES string of the molecule is CCCC(C)(C)c1ccc(F)nc1C. The highest BCUT2D eigenvalue weighted by Gasteiger charge is 2.22. The highest BCUT2D eigenvalue weighted by Crippen LogP contribution is 2.29. The first-order valence-corrected chi connectivity index (χ1v) is 5.11. The Balaban J connectivity index is 3.06. The molecule has 0 saturated carbocycles. The van der Waals surface area contributed by atoms with Crippen LogP contribution in [0.15, 0.2) is 12.1 Å². The van der Waals surface area contributed by atoms with Gasteiger partial charge in [0.2, 0.25) is 5.95 Å². The van der Waals surface area contributed by atoms with E-state index in [1.54, 1.807) is 0 Å². The van der Waals surface area contributed by atoms with Gasteiger partial charge in [-0.15, -0.1) is 0 Å². The molecule has 1 heterocycles. The van der Waals surface area contributed by atoms with Gasteiger partial charge in [0, 0.05) is 5.69 Å². The van der Waals surface area contributed by atoms with Gasteiger partial charge in [-0.2, -0.15) is 4.39 Å². The van der Waals surface area contributed by atoms with E-state index in [2.05, 4.69) is 25.8 Å². The van der Waals surface area contributed by atoms with Crippen LogP contribution < -0.4 is 0 Å². The monoisotopic (exact) mass is 195 g/mol. The molecule has 0 aliphatic carbocycles. The molecule has 0 atom stereocenters. The zero-order valence-electron chi connectivity index (χ0n) is 9.39. The molecule has 0 aliphatic rings. The van der Waals surface area contributed by atoms with Crippen LogP contribution in [0.5, 0.6) is 0 Å². The molecule has 0 aliphatic heterocycles. The molecule has 1 aromatic rings. The molecule has 78 valence electrons. The molecule has 0 N–H and O–H groups in total. The molecule has 0 radical (unpaired) electrons. The van der Waals surface area contributed by atoms with E-state index in [0.717, 1.165) is 24.1 Å². The van der Waals surface area contributed by atoms with E-state index < -0.39 is 5.95 Å². The van der Waals surface area contributed by atoms with Crippen molar-refractivity contribution in [3.63, 3.8) is 0 Å². The Morgan fingerprint density at radius 1 is 1.36 bits per heavy atom. The van der Waals surface area contributed by atoms with Crippen molar-refractivity contribution in [3.8, 4) is 0 Å². The van der Waals surface area contributed by atoms with Crippen molar-refractivity contribution in [1.82, 2.24) is 4.98 Å². The number of rotatable bonds is 3. The van der Waals surface area contributed by atoms with Gasteiger partial charge in [-0.1, -0.05) is 33.3 Å². The highest BCUT2D eigenvalue weighted by atomic mass is 19.1. The Bertz CT molecular complexity index is 318. The molecular weight excluding hydrogens is 177 g/mol. The van der Waals surface area contributed by atoms with Gasteiger partial charge in [0.15, 0.2) is 0 Å². The number of halogens is 1. The largest absolute Gasteiger partial charge is 0.225 e. The predicted octanol–water partition coefficient (Wildman–Crippen LogP) is 3.61. The molecule has 0 amide bonds. The maximum absolute atomic E-state index is 12.8. The predicted molar refractivity (Wildman–Crippen MR) is 56.9 cm³/mol. The molecule has 0 unspecified atom stereocenters. The summed E-state index contributed by atoms with van der Waals surface area (Å²) in [6.45, 7) is 8.39. The smallest absolute Gasteiger partial charge is 0.213 e. The van der Waals surface area contributed by atoms with Crippen LogP contribution in [0.3, 0.4) is 0 Å². The number of aromatic nitrogens is 1. The molecule has 0 bridgehead atoms. The summed E-state index contributed by atoms with van der Waals surface area (Å²) in [5.74, 6) is -0.390. The fourth-order valence-corrected chi connectivity index (χ4v) is 2.01. The van der Waals surface area contributed by atoms with Crippen molar-refractivity contribution in [2.24, 2.45) is 0 Å². The lowest BCUT2D eigenvalue weighted by molar-refractivity contribution is 0.464. The molecule has 0 aromatic carbocycles. The van der Waals surface area contributed by atoms with Gasteiger partial charge < -0.3 is 0 Å². The van der Waals surface area contributed by atoms with Crippen molar-refractivity contribution in [2.75, 3.05) is 0 Å². The van der Waals surface area contributed by atoms with Crippen molar-refractivity contribution in [2.45, 2.75) is 46.0 Å². The van der Waals surface area contributed by atoms with Crippen LogP contribution in [0.25, 0.3) is 0 Å². The summed E-state index contributed by atoms with van der Waals surface area (Å²) in [5.41, 5.74) is 2.06. The Morgan fingerprint density at radius 3 is 2.50 bits per heavy atom. The van der Waals surface area contributed by atoms with Gasteiger partial charge in [-0.25, -0.2) is 4.98 Å². The zero-order valence-corrected chi connectivity index (χ0v) is 9.39. The molecule has 1 nitrogen and oxygen atoms in total. The van der Waals surface area contributed by atoms with Crippen LogP contribution in [0.4, 0.5) is 4.39 Å². The van der Waals surface area contributed by atoms with Crippen LogP contribution in [-0.4, -0.2) is 4.98 Å². The van der Waals surface area contributed by atoms with E-state index in [1.165, 1.54) is 6.07 Å². The van der Waals surface area contributed by atoms with E-state index >= 15 is 0 Å². The first kappa shape index (κ1) is 11.2. The zero-order chi connectivity index (χ0) is 10.8. The third-order valence-corrected chi connectivity index (χ3v) is 2.66. The average molecular weight is 195 g/mol. The van der Waals surface area contributed by atoms with E-state index in [0.29, 0.717) is 0 Å². The molecular formula is C12H18FN. The van der Waals surface area contributed by atoms with Gasteiger partial charge >= 0.3 is 0 Å². The first-order valence-electron chi connectivity index (χ1n) is 5.11. The number of hydrogen-bond donors (Lipinski definition) is 0. The van der Waals surface area contributed by atoms with E-state index in [1.807, 2.05) is 13.0 Å². The van der Waals surface area contributed by atoms with E-state index in [4.69, 9.17) is 0 Å². The fourth-order valence-electron chi connectivity index (χ4n) is 2.01. The van der Waals surface area contributed by atoms with E-state index in [-0.39, 0.29) is 5.41 Å². The summed E-state index contributed by atoms with van der Waals surface area (Å²) in [6.07, 6.45) is 2.23. The molecule has 1 aromatic heterocycles. The lowest BCUT2D eigenvalue weighted by Gasteiger charge is -2.25. The van der Waals surface area contributed by atoms with Crippen molar-refractivity contribution in [1.29, 1.82) is 0 Å². The molecule has 0 fully saturated rings. The fraction of sp³-hybridized carbons (Fsp3) is 0.583. The standard InChI is InChI=1S/C12H18FN/c1-5-8-12(3,4)10-6-7-11(13)14-9(10)2/h6-7H,5,8H2,1-4H3. The summed E-state index contributed by atoms with van der Waals surface area (Å²) < 4.78 is 12.8. The van der Waals surface area contributed by atoms with Crippen LogP contribution >= 0.6 is 0 Å². The van der Waals surface area contributed by atoms with Crippen molar-refractivity contribution >= 4 is 0 Å². The number of pyridine rings is 1. The summed E-state index contributed by atoms with van der Waals surface area (Å²) >= 11 is 0. The Morgan fingerprint density at radius 2 is 2.00 bits per heavy atom. The summed E-state index contributed by atoms with van der Waals surface area (Å²) in [5, 5.41) is 0. The quantitative estimate of drug-likeness (QED) is 0.671. The Kier molecular flexibility index (Phi) is 3.25. The minimum Gasteiger partial charge on any atom is -0.225 e. The highest BCUT2D eigenvalue weighted by molar-refractivity contribution is 5.27. The molecule has 0 saturated heterocycles. The molecule has 0 spiro atoms. The van der Waals surface area contributed by atoms with Gasteiger partial charge in [-0.05, 0) is 30.4 Å². The van der Waals surface area contributed by atoms with Crippen LogP contribution in [0.1, 0.15) is 44.9 Å². The molecule has 14 heavy (non-hydrogen) atoms. The number of aryl methyl sites for hydroxylation is 1. The van der Waals surface area contributed by atoms with Crippen LogP contribution in [-0.2, 0) is 5.41 Å². The van der Waals surface area contributed by atoms with Gasteiger partial charge in [-0.3, -0.25) is 0 Å². The minimum atomic E-state index is -0.390. The maximum Gasteiger partial charge on any atom is 0.213 e. The minimum absolute atomic E-state index is 0.0968. The van der Waals surface area contributed by atoms with Crippen molar-refractivity contribution < 1.29 is 4.39 Å². The van der Waals surface area contributed by atoms with Crippen LogP contribution in [0, 0.1) is 12.9 Å². The molecule has 1 rings (SSSR count). The Hall–Kier alpha value is -0.920. The summed E-state index contributed by atoms with van der Waals surface area (Å²) in [6, 6.07) is 3.30. The van der Waals surface area contributed by atoms with Crippen LogP contribution in [0.2, 0.25) is 0 Å². The van der Waals surface area contributed by atoms with Gasteiger partial charge in [0.05, 0.1) is 0 Å². The summed E-state index contributed by atoms with van der Waals surface area (Å²) in [7, 11) is 0. The second kappa shape index (κ2) is 4.07. The summed E-state index contributed by atoms with van der Waals surface area (Å²) in [4.78, 5) is 3.86. The second-order valence-electron chi connectivity index (χ2n) is 4.40. The topological polar surface area (TPSA) is 12.9 Å². The maximum atomic E-state index is 12.8.